The summed E-state index contributed by atoms with van der Waals surface area (Å²) in [7, 11) is 0. The van der Waals surface area contributed by atoms with Gasteiger partial charge < -0.3 is 55.7 Å². The summed E-state index contributed by atoms with van der Waals surface area (Å²) in [4.78, 5) is 105. The summed E-state index contributed by atoms with van der Waals surface area (Å²) in [5.41, 5.74) is 13.0. The van der Waals surface area contributed by atoms with Gasteiger partial charge >= 0.3 is 12.2 Å². The van der Waals surface area contributed by atoms with E-state index in [1.54, 1.807) is 93.7 Å². The Kier molecular flexibility index (Phi) is 32.7. The summed E-state index contributed by atoms with van der Waals surface area (Å²) in [5, 5.41) is 34.9. The molecule has 3 fully saturated rings. The fourth-order valence-electron chi connectivity index (χ4n) is 13.5. The number of rotatable bonds is 11. The number of carbonyl (C=O) groups excluding carboxylic acids is 5. The molecule has 0 bridgehead atoms. The lowest BCUT2D eigenvalue weighted by molar-refractivity contribution is 0.0148. The average Bonchev–Trinajstić information content (AvgIpc) is 0.778. The maximum Gasteiger partial charge on any atom is 0.410 e. The molecule has 0 spiro atoms. The molecule has 15 rings (SSSR count). The Bertz CT molecular complexity index is 5440. The number of para-hydroxylation sites is 3. The number of carbonyl (C=O) groups is 5. The van der Waals surface area contributed by atoms with Crippen LogP contribution in [0.5, 0.6) is 0 Å². The second-order valence-electron chi connectivity index (χ2n) is 30.0. The quantitative estimate of drug-likeness (QED) is 0.0404. The third kappa shape index (κ3) is 23.0. The second kappa shape index (κ2) is 41.8. The fraction of sp³-hybridized carbons (Fsp3) is 0.329. The molecule has 6 aromatic carbocycles. The van der Waals surface area contributed by atoms with Crippen molar-refractivity contribution in [3.05, 3.63) is 191 Å². The number of nitrogens with two attached hydrogens (primary N) is 1. The SMILES string of the molecule is CC1CN(c2ccc(N)cc2Cl)CCN1C(=O)OC(C)(C)C.CC1CN(c2ccc(Nc3ncc4c(n3)SCN(c3c(Cl)cccc3Cl)C4=O)cc2C#N)CCN1.CC1CN(c2ccc(Nc3ncc4c(n3)SCN(c3c(Cl)cccc3Cl)C4=O)cc2C#N)CCN1C(=O)OC(C)(C)C.CSc1ncc2c(n1)SCN(c1c(Cl)cccc1Cl)C2=O.Cl.Cl. The Morgan fingerprint density at radius 2 is 0.877 bits per heavy atom. The fourth-order valence-corrected chi connectivity index (χ4v) is 18.8. The number of thioether (sulfide) groups is 4. The number of benzene rings is 6. The Morgan fingerprint density at radius 1 is 0.508 bits per heavy atom. The van der Waals surface area contributed by atoms with Gasteiger partial charge in [-0.2, -0.15) is 10.5 Å². The monoisotopic (exact) mass is 1900 g/mol. The van der Waals surface area contributed by atoms with E-state index in [0.717, 1.165) is 36.7 Å². The van der Waals surface area contributed by atoms with Gasteiger partial charge in [0.1, 0.15) is 38.4 Å². The van der Waals surface area contributed by atoms with Crippen LogP contribution in [0.2, 0.25) is 35.2 Å². The van der Waals surface area contributed by atoms with Crippen LogP contribution in [-0.4, -0.2) is 182 Å². The molecule has 5 amide bonds. The normalized spacial score (nSPS) is 16.8. The first kappa shape index (κ1) is 95.5. The molecule has 6 aliphatic heterocycles. The van der Waals surface area contributed by atoms with E-state index in [1.165, 1.54) is 69.2 Å². The lowest BCUT2D eigenvalue weighted by Gasteiger charge is -2.41. The largest absolute Gasteiger partial charge is 0.444 e. The molecule has 40 heteroatoms. The molecule has 6 aliphatic rings. The van der Waals surface area contributed by atoms with Crippen LogP contribution >= 0.6 is 153 Å². The molecule has 0 saturated carbocycles. The molecule has 3 aromatic heterocycles. The molecule has 0 radical (unpaired) electrons. The third-order valence-electron chi connectivity index (χ3n) is 19.1. The lowest BCUT2D eigenvalue weighted by Crippen LogP contribution is -2.55. The Hall–Kier alpha value is -8.74. The molecular weight excluding hydrogens is 1820 g/mol. The van der Waals surface area contributed by atoms with Crippen molar-refractivity contribution in [1.29, 1.82) is 10.5 Å². The molecule has 5 N–H and O–H groups in total. The molecule has 122 heavy (non-hydrogen) atoms. The minimum atomic E-state index is -0.564. The highest BCUT2D eigenvalue weighted by Gasteiger charge is 2.37. The number of hydrogen-bond acceptors (Lipinski definition) is 26. The van der Waals surface area contributed by atoms with Crippen molar-refractivity contribution < 1.29 is 33.4 Å². The van der Waals surface area contributed by atoms with Gasteiger partial charge in [0.15, 0.2) is 5.16 Å². The van der Waals surface area contributed by atoms with Crippen LogP contribution < -0.4 is 51.1 Å². The van der Waals surface area contributed by atoms with E-state index in [1.807, 2.05) is 98.0 Å². The number of fused-ring (bicyclic) bond motifs is 3. The van der Waals surface area contributed by atoms with Crippen LogP contribution in [0.3, 0.4) is 0 Å². The number of nitrogens with one attached hydrogen (secondary N) is 3. The van der Waals surface area contributed by atoms with Gasteiger partial charge in [-0.1, -0.05) is 146 Å². The van der Waals surface area contributed by atoms with Gasteiger partial charge in [0.05, 0.1) is 115 Å². The van der Waals surface area contributed by atoms with E-state index < -0.39 is 11.2 Å². The molecule has 27 nitrogen and oxygen atoms in total. The van der Waals surface area contributed by atoms with Crippen molar-refractivity contribution in [3.8, 4) is 12.1 Å². The highest BCUT2D eigenvalue weighted by molar-refractivity contribution is 8.00. The van der Waals surface area contributed by atoms with Crippen LogP contribution in [0.25, 0.3) is 0 Å². The molecule has 9 heterocycles. The summed E-state index contributed by atoms with van der Waals surface area (Å²) in [5.74, 6) is 0.937. The molecule has 3 atom stereocenters. The molecule has 3 saturated heterocycles. The van der Waals surface area contributed by atoms with E-state index in [4.69, 9.17) is 96.4 Å². The van der Waals surface area contributed by atoms with Crippen molar-refractivity contribution in [2.75, 3.05) is 129 Å². The van der Waals surface area contributed by atoms with Gasteiger partial charge in [-0.25, -0.2) is 39.5 Å². The van der Waals surface area contributed by atoms with E-state index in [9.17, 15) is 34.5 Å². The maximum atomic E-state index is 13.2. The molecule has 3 unspecified atom stereocenters. The number of amides is 5. The number of piperazine rings is 3. The van der Waals surface area contributed by atoms with Gasteiger partial charge in [-0.05, 0) is 160 Å². The minimum Gasteiger partial charge on any atom is -0.444 e. The smallest absolute Gasteiger partial charge is 0.410 e. The molecule has 0 aliphatic carbocycles. The van der Waals surface area contributed by atoms with Crippen molar-refractivity contribution >= 4 is 246 Å². The highest BCUT2D eigenvalue weighted by atomic mass is 35.5. The highest BCUT2D eigenvalue weighted by Crippen LogP contribution is 2.44. The topological polar surface area (TPSA) is 317 Å². The summed E-state index contributed by atoms with van der Waals surface area (Å²) >= 11 is 49.6. The van der Waals surface area contributed by atoms with E-state index in [-0.39, 0.29) is 66.8 Å². The summed E-state index contributed by atoms with van der Waals surface area (Å²) in [6, 6.07) is 36.9. The zero-order chi connectivity index (χ0) is 86.2. The standard InChI is InChI=1S/C29H29Cl2N7O3S.C24H21Cl2N7OS.C16H24ClN3O2.C13H9Cl2N3OS2.2ClH/c1-17-15-36(10-11-37(17)28(40)41-29(2,3)4)23-9-8-19(12-18(23)13-32)34-27-33-14-20-25(35-27)42-16-38(26(20)39)24-21(30)6-5-7-22(24)31;1-14-12-32(8-7-28-14)20-6-5-16(9-15(20)10-27)30-24-29-11-17-22(31-24)35-13-33(23(17)34)21-18(25)3-2-4-19(21)26;1-11-10-19(14-6-5-12(18)9-13(14)17)7-8-20(11)15(21)22-16(2,3)4;1-20-13-16-5-7-11(17-13)21-6-18(12(7)19)10-8(14)3-2-4-9(10)15;;/h5-9,12,14,17H,10-11,15-16H2,1-4H3,(H,33,34,35);2-6,9,11,14,28H,7-8,12-13H2,1H3,(H,29,30,31);5-6,9,11H,7-8,10,18H2,1-4H3;2-5H,6H2,1H3;2*1H. The van der Waals surface area contributed by atoms with Gasteiger partial charge in [-0.15, -0.1) is 24.8 Å². The van der Waals surface area contributed by atoms with Crippen LogP contribution in [0, 0.1) is 22.7 Å². The number of aromatic nitrogens is 6. The number of nitrogens with zero attached hydrogens (tertiary/aromatic N) is 16. The van der Waals surface area contributed by atoms with Crippen molar-refractivity contribution in [1.82, 2.24) is 45.0 Å². The minimum absolute atomic E-state index is 0. The Morgan fingerprint density at radius 3 is 1.24 bits per heavy atom. The van der Waals surface area contributed by atoms with Crippen LogP contribution in [-0.2, 0) is 9.47 Å². The van der Waals surface area contributed by atoms with Gasteiger partial charge in [0, 0.05) is 113 Å². The van der Waals surface area contributed by atoms with Gasteiger partial charge in [-0.3, -0.25) is 29.1 Å². The first-order valence-electron chi connectivity index (χ1n) is 37.6. The average molecular weight is 1910 g/mol. The number of nitriles is 2. The molecule has 9 aromatic rings. The summed E-state index contributed by atoms with van der Waals surface area (Å²) in [6.07, 6.45) is 5.83. The predicted octanol–water partition coefficient (Wildman–Crippen LogP) is 19.9. The van der Waals surface area contributed by atoms with Crippen LogP contribution in [0.4, 0.5) is 72.7 Å². The van der Waals surface area contributed by atoms with Crippen molar-refractivity contribution in [2.24, 2.45) is 0 Å². The summed E-state index contributed by atoms with van der Waals surface area (Å²) < 4.78 is 11.0. The van der Waals surface area contributed by atoms with Gasteiger partial charge in [0.2, 0.25) is 11.9 Å². The van der Waals surface area contributed by atoms with E-state index in [2.05, 4.69) is 79.6 Å². The Labute approximate surface area is 771 Å². The zero-order valence-corrected chi connectivity index (χ0v) is 77.7. The number of nitrogen functional groups attached to an aromatic ring is 1. The van der Waals surface area contributed by atoms with Gasteiger partial charge in [0.25, 0.3) is 17.7 Å². The van der Waals surface area contributed by atoms with Crippen LogP contribution in [0.1, 0.15) is 105 Å². The number of hydrogen-bond donors (Lipinski definition) is 4. The van der Waals surface area contributed by atoms with E-state index >= 15 is 0 Å². The predicted molar refractivity (Wildman–Crippen MR) is 498 cm³/mol. The maximum absolute atomic E-state index is 13.2. The molecular formula is C82H85Cl9N20O7S4. The van der Waals surface area contributed by atoms with Crippen molar-refractivity contribution in [3.63, 3.8) is 0 Å². The third-order valence-corrected chi connectivity index (χ3v) is 24.7. The first-order chi connectivity index (χ1) is 57.2. The molecule has 642 valence electrons. The lowest BCUT2D eigenvalue weighted by atomic mass is 10.1. The number of anilines is 11. The van der Waals surface area contributed by atoms with Crippen molar-refractivity contribution in [2.45, 2.75) is 112 Å². The number of ether oxygens (including phenoxy) is 2. The zero-order valence-electron chi connectivity index (χ0n) is 67.5. The summed E-state index contributed by atoms with van der Waals surface area (Å²) in [6.45, 7) is 23.5. The second-order valence-corrected chi connectivity index (χ2v) is 36.4. The van der Waals surface area contributed by atoms with Crippen LogP contribution in [0.15, 0.2) is 148 Å². The number of halogens is 9. The van der Waals surface area contributed by atoms with E-state index in [0.29, 0.717) is 192 Å². The first-order valence-corrected chi connectivity index (χ1v) is 44.5. The Balaban J connectivity index is 0.000000176.